The molecule has 0 amide bonds. The minimum absolute atomic E-state index is 0.633. The fourth-order valence-electron chi connectivity index (χ4n) is 3.14. The average Bonchev–Trinajstić information content (AvgIpc) is 2.51. The van der Waals surface area contributed by atoms with Crippen LogP contribution in [0.15, 0.2) is 0 Å². The summed E-state index contributed by atoms with van der Waals surface area (Å²) in [5.41, 5.74) is 0.633. The molecule has 1 unspecified atom stereocenters. The third kappa shape index (κ3) is 3.18. The van der Waals surface area contributed by atoms with Gasteiger partial charge >= 0.3 is 0 Å². The molecule has 1 heterocycles. The smallest absolute Gasteiger partial charge is 0.0107 e. The Bertz CT molecular complexity index is 197. The largest absolute Gasteiger partial charge is 0.313 e. The minimum Gasteiger partial charge on any atom is -0.313 e. The van der Waals surface area contributed by atoms with E-state index in [-0.39, 0.29) is 0 Å². The van der Waals surface area contributed by atoms with Gasteiger partial charge in [-0.05, 0) is 38.1 Å². The Morgan fingerprint density at radius 1 is 1.27 bits per heavy atom. The van der Waals surface area contributed by atoms with Crippen LogP contribution in [0.5, 0.6) is 0 Å². The van der Waals surface area contributed by atoms with Gasteiger partial charge in [0.15, 0.2) is 0 Å². The lowest BCUT2D eigenvalue weighted by molar-refractivity contribution is 0.175. The molecular weight excluding hydrogens is 184 g/mol. The van der Waals surface area contributed by atoms with Crippen molar-refractivity contribution in [3.63, 3.8) is 0 Å². The van der Waals surface area contributed by atoms with Crippen LogP contribution in [0.25, 0.3) is 0 Å². The summed E-state index contributed by atoms with van der Waals surface area (Å²) in [6, 6.07) is 0.714. The highest BCUT2D eigenvalue weighted by molar-refractivity contribution is 4.85. The predicted octanol–water partition coefficient (Wildman–Crippen LogP) is 2.25. The van der Waals surface area contributed by atoms with Crippen LogP contribution in [0.4, 0.5) is 0 Å². The molecule has 1 aliphatic carbocycles. The summed E-state index contributed by atoms with van der Waals surface area (Å²) in [4.78, 5) is 2.68. The monoisotopic (exact) mass is 210 g/mol. The second kappa shape index (κ2) is 4.84. The van der Waals surface area contributed by atoms with Crippen LogP contribution in [-0.2, 0) is 0 Å². The van der Waals surface area contributed by atoms with Gasteiger partial charge < -0.3 is 10.2 Å². The van der Waals surface area contributed by atoms with Crippen LogP contribution < -0.4 is 5.32 Å². The quantitative estimate of drug-likeness (QED) is 0.752. The first kappa shape index (κ1) is 11.4. The van der Waals surface area contributed by atoms with Crippen molar-refractivity contribution in [2.45, 2.75) is 52.0 Å². The van der Waals surface area contributed by atoms with E-state index in [1.807, 2.05) is 0 Å². The first-order valence-corrected chi connectivity index (χ1v) is 6.64. The van der Waals surface area contributed by atoms with E-state index in [4.69, 9.17) is 0 Å². The van der Waals surface area contributed by atoms with E-state index in [2.05, 4.69) is 24.1 Å². The van der Waals surface area contributed by atoms with Crippen molar-refractivity contribution in [3.8, 4) is 0 Å². The van der Waals surface area contributed by atoms with Gasteiger partial charge in [0.05, 0.1) is 0 Å². The van der Waals surface area contributed by atoms with Crippen LogP contribution in [0.2, 0.25) is 0 Å². The van der Waals surface area contributed by atoms with Crippen LogP contribution in [0.1, 0.15) is 46.0 Å². The maximum atomic E-state index is 3.57. The molecule has 1 saturated heterocycles. The molecule has 0 aromatic heterocycles. The van der Waals surface area contributed by atoms with Gasteiger partial charge in [0.25, 0.3) is 0 Å². The lowest BCUT2D eigenvalue weighted by Crippen LogP contribution is -2.36. The van der Waals surface area contributed by atoms with Crippen LogP contribution in [0.3, 0.4) is 0 Å². The Labute approximate surface area is 94.4 Å². The van der Waals surface area contributed by atoms with Crippen molar-refractivity contribution in [3.05, 3.63) is 0 Å². The lowest BCUT2D eigenvalue weighted by atomic mass is 9.88. The normalized spacial score (nSPS) is 32.8. The van der Waals surface area contributed by atoms with Gasteiger partial charge in [-0.2, -0.15) is 0 Å². The Morgan fingerprint density at radius 2 is 2.00 bits per heavy atom. The summed E-state index contributed by atoms with van der Waals surface area (Å²) in [7, 11) is 0. The van der Waals surface area contributed by atoms with Gasteiger partial charge in [-0.25, -0.2) is 0 Å². The third-order valence-corrected chi connectivity index (χ3v) is 4.22. The van der Waals surface area contributed by atoms with Crippen LogP contribution in [-0.4, -0.2) is 37.1 Å². The molecule has 2 nitrogen and oxygen atoms in total. The Kier molecular flexibility index (Phi) is 3.68. The Balaban J connectivity index is 1.82. The molecule has 2 rings (SSSR count). The molecule has 15 heavy (non-hydrogen) atoms. The second-order valence-electron chi connectivity index (χ2n) is 5.94. The summed E-state index contributed by atoms with van der Waals surface area (Å²) in [5, 5.41) is 3.57. The highest BCUT2D eigenvalue weighted by Gasteiger charge is 2.30. The molecule has 2 heteroatoms. The minimum atomic E-state index is 0.633. The summed E-state index contributed by atoms with van der Waals surface area (Å²) >= 11 is 0. The highest BCUT2D eigenvalue weighted by atomic mass is 15.2. The van der Waals surface area contributed by atoms with E-state index in [0.29, 0.717) is 11.5 Å². The third-order valence-electron chi connectivity index (χ3n) is 4.22. The van der Waals surface area contributed by atoms with Gasteiger partial charge in [-0.15, -0.1) is 0 Å². The zero-order valence-corrected chi connectivity index (χ0v) is 10.4. The van der Waals surface area contributed by atoms with Gasteiger partial charge in [0.1, 0.15) is 0 Å². The van der Waals surface area contributed by atoms with Crippen molar-refractivity contribution in [2.75, 3.05) is 26.2 Å². The number of hydrogen-bond acceptors (Lipinski definition) is 2. The highest BCUT2D eigenvalue weighted by Crippen LogP contribution is 2.38. The van der Waals surface area contributed by atoms with E-state index in [0.717, 1.165) is 0 Å². The first-order valence-electron chi connectivity index (χ1n) is 6.64. The molecule has 1 aliphatic heterocycles. The molecule has 1 atom stereocenters. The summed E-state index contributed by atoms with van der Waals surface area (Å²) in [6.45, 7) is 9.85. The molecule has 0 aromatic carbocycles. The van der Waals surface area contributed by atoms with Crippen LogP contribution in [0, 0.1) is 5.41 Å². The number of rotatable bonds is 2. The predicted molar refractivity (Wildman–Crippen MR) is 65.1 cm³/mol. The van der Waals surface area contributed by atoms with E-state index in [1.54, 1.807) is 0 Å². The maximum absolute atomic E-state index is 3.57. The van der Waals surface area contributed by atoms with E-state index >= 15 is 0 Å². The average molecular weight is 210 g/mol. The van der Waals surface area contributed by atoms with E-state index < -0.39 is 0 Å². The maximum Gasteiger partial charge on any atom is 0.0107 e. The summed E-state index contributed by atoms with van der Waals surface area (Å²) in [6.07, 6.45) is 7.13. The molecule has 0 aromatic rings. The van der Waals surface area contributed by atoms with E-state index in [1.165, 1.54) is 58.3 Å². The zero-order chi connectivity index (χ0) is 10.7. The molecule has 2 aliphatic rings. The number of nitrogens with zero attached hydrogens (tertiary/aromatic N) is 1. The Morgan fingerprint density at radius 3 is 2.73 bits per heavy atom. The van der Waals surface area contributed by atoms with Crippen molar-refractivity contribution in [1.82, 2.24) is 10.2 Å². The molecule has 1 saturated carbocycles. The van der Waals surface area contributed by atoms with E-state index in [9.17, 15) is 0 Å². The first-order chi connectivity index (χ1) is 7.18. The second-order valence-corrected chi connectivity index (χ2v) is 5.94. The molecule has 1 N–H and O–H groups in total. The molecule has 0 spiro atoms. The molecular formula is C13H26N2. The van der Waals surface area contributed by atoms with Gasteiger partial charge in [0.2, 0.25) is 0 Å². The van der Waals surface area contributed by atoms with Gasteiger partial charge in [0, 0.05) is 25.7 Å². The van der Waals surface area contributed by atoms with Gasteiger partial charge in [-0.1, -0.05) is 19.8 Å². The SMILES string of the molecule is CC1CCN(CC2(C)CCCC2)CCN1. The molecule has 88 valence electrons. The van der Waals surface area contributed by atoms with Crippen molar-refractivity contribution < 1.29 is 0 Å². The number of hydrogen-bond donors (Lipinski definition) is 1. The summed E-state index contributed by atoms with van der Waals surface area (Å²) < 4.78 is 0. The van der Waals surface area contributed by atoms with Crippen molar-refractivity contribution in [2.24, 2.45) is 5.41 Å². The fourth-order valence-corrected chi connectivity index (χ4v) is 3.14. The van der Waals surface area contributed by atoms with Crippen molar-refractivity contribution in [1.29, 1.82) is 0 Å². The van der Waals surface area contributed by atoms with Crippen LogP contribution >= 0.6 is 0 Å². The molecule has 0 bridgehead atoms. The standard InChI is InChI=1S/C13H26N2/c1-12-5-9-15(10-8-14-12)11-13(2)6-3-4-7-13/h12,14H,3-11H2,1-2H3. The number of nitrogens with one attached hydrogen (secondary N) is 1. The van der Waals surface area contributed by atoms with Crippen molar-refractivity contribution >= 4 is 0 Å². The topological polar surface area (TPSA) is 15.3 Å². The Hall–Kier alpha value is -0.0800. The lowest BCUT2D eigenvalue weighted by Gasteiger charge is -2.31. The summed E-state index contributed by atoms with van der Waals surface area (Å²) in [5.74, 6) is 0. The fraction of sp³-hybridized carbons (Fsp3) is 1.00. The zero-order valence-electron chi connectivity index (χ0n) is 10.4. The molecule has 2 fully saturated rings. The van der Waals surface area contributed by atoms with Gasteiger partial charge in [-0.3, -0.25) is 0 Å². The molecule has 0 radical (unpaired) electrons.